The van der Waals surface area contributed by atoms with Gasteiger partial charge in [-0.3, -0.25) is 4.90 Å². The van der Waals surface area contributed by atoms with Crippen LogP contribution >= 0.6 is 0 Å². The second kappa shape index (κ2) is 2.89. The van der Waals surface area contributed by atoms with E-state index in [1.165, 1.54) is 0 Å². The number of aliphatic hydroxyl groups is 1. The number of likely N-dealkylation sites (tertiary alicyclic amines) is 1. The van der Waals surface area contributed by atoms with Gasteiger partial charge in [-0.05, 0) is 27.2 Å². The van der Waals surface area contributed by atoms with Gasteiger partial charge in [0.05, 0.1) is 6.10 Å². The zero-order valence-electron chi connectivity index (χ0n) is 7.04. The molecule has 0 aromatic heterocycles. The Balaban J connectivity index is 2.49. The summed E-state index contributed by atoms with van der Waals surface area (Å²) in [6.45, 7) is 7.50. The Bertz CT molecular complexity index is 114. The van der Waals surface area contributed by atoms with E-state index in [1.807, 2.05) is 0 Å². The molecule has 1 heterocycles. The van der Waals surface area contributed by atoms with Gasteiger partial charge in [0.25, 0.3) is 0 Å². The summed E-state index contributed by atoms with van der Waals surface area (Å²) in [4.78, 5) is 2.34. The summed E-state index contributed by atoms with van der Waals surface area (Å²) < 4.78 is 0. The first-order chi connectivity index (χ1) is 4.63. The highest BCUT2D eigenvalue weighted by molar-refractivity contribution is 4.84. The lowest BCUT2D eigenvalue weighted by Crippen LogP contribution is -2.37. The minimum Gasteiger partial charge on any atom is -0.391 e. The van der Waals surface area contributed by atoms with Crippen molar-refractivity contribution in [3.63, 3.8) is 0 Å². The first kappa shape index (κ1) is 8.02. The molecule has 60 valence electrons. The molecule has 2 nitrogen and oxygen atoms in total. The van der Waals surface area contributed by atoms with Crippen LogP contribution in [0, 0.1) is 0 Å². The highest BCUT2D eigenvalue weighted by Gasteiger charge is 2.29. The molecule has 1 fully saturated rings. The Morgan fingerprint density at radius 1 is 1.50 bits per heavy atom. The predicted octanol–water partition coefficient (Wildman–Crippen LogP) is 0.850. The van der Waals surface area contributed by atoms with E-state index in [1.54, 1.807) is 0 Å². The van der Waals surface area contributed by atoms with Crippen LogP contribution in [0.1, 0.15) is 27.2 Å². The van der Waals surface area contributed by atoms with Crippen molar-refractivity contribution in [3.05, 3.63) is 0 Å². The van der Waals surface area contributed by atoms with E-state index in [2.05, 4.69) is 25.7 Å². The maximum Gasteiger partial charge on any atom is 0.0705 e. The Morgan fingerprint density at radius 2 is 2.10 bits per heavy atom. The Hall–Kier alpha value is -0.0800. The minimum atomic E-state index is -0.0950. The van der Waals surface area contributed by atoms with Gasteiger partial charge in [0.2, 0.25) is 0 Å². The highest BCUT2D eigenvalue weighted by Crippen LogP contribution is 2.19. The first-order valence-corrected chi connectivity index (χ1v) is 4.06. The van der Waals surface area contributed by atoms with Crippen molar-refractivity contribution in [2.24, 2.45) is 0 Å². The third kappa shape index (κ3) is 1.32. The van der Waals surface area contributed by atoms with Crippen molar-refractivity contribution >= 4 is 0 Å². The van der Waals surface area contributed by atoms with Gasteiger partial charge in [-0.25, -0.2) is 0 Å². The molecular weight excluding hydrogens is 126 g/mol. The molecule has 0 bridgehead atoms. The summed E-state index contributed by atoms with van der Waals surface area (Å²) in [5.41, 5.74) is 0. The first-order valence-electron chi connectivity index (χ1n) is 4.06. The lowest BCUT2D eigenvalue weighted by atomic mass is 10.2. The molecule has 2 unspecified atom stereocenters. The van der Waals surface area contributed by atoms with Crippen LogP contribution in [0.5, 0.6) is 0 Å². The lowest BCUT2D eigenvalue weighted by Gasteiger charge is -2.26. The van der Waals surface area contributed by atoms with E-state index < -0.39 is 0 Å². The molecule has 0 saturated carbocycles. The molecule has 1 aliphatic rings. The van der Waals surface area contributed by atoms with Crippen LogP contribution < -0.4 is 0 Å². The summed E-state index contributed by atoms with van der Waals surface area (Å²) in [7, 11) is 0. The molecule has 0 aliphatic carbocycles. The maximum atomic E-state index is 9.38. The largest absolute Gasteiger partial charge is 0.391 e. The average molecular weight is 143 g/mol. The normalized spacial score (nSPS) is 35.7. The van der Waals surface area contributed by atoms with Crippen molar-refractivity contribution in [2.75, 3.05) is 6.54 Å². The molecule has 1 aliphatic heterocycles. The van der Waals surface area contributed by atoms with Crippen LogP contribution in [0.15, 0.2) is 0 Å². The van der Waals surface area contributed by atoms with E-state index in [0.717, 1.165) is 13.0 Å². The van der Waals surface area contributed by atoms with Gasteiger partial charge in [0, 0.05) is 18.6 Å². The monoisotopic (exact) mass is 143 g/mol. The number of hydrogen-bond acceptors (Lipinski definition) is 2. The molecule has 1 rings (SSSR count). The van der Waals surface area contributed by atoms with Crippen LogP contribution in [-0.4, -0.2) is 34.7 Å². The van der Waals surface area contributed by atoms with Crippen LogP contribution in [0.25, 0.3) is 0 Å². The number of aliphatic hydroxyl groups excluding tert-OH is 1. The summed E-state index contributed by atoms with van der Waals surface area (Å²) >= 11 is 0. The fourth-order valence-electron chi connectivity index (χ4n) is 1.68. The van der Waals surface area contributed by atoms with E-state index >= 15 is 0 Å². The quantitative estimate of drug-likeness (QED) is 0.588. The predicted molar refractivity (Wildman–Crippen MR) is 41.9 cm³/mol. The third-order valence-corrected chi connectivity index (χ3v) is 2.43. The van der Waals surface area contributed by atoms with Gasteiger partial charge in [0.15, 0.2) is 0 Å². The topological polar surface area (TPSA) is 23.5 Å². The molecule has 0 amide bonds. The van der Waals surface area contributed by atoms with Crippen LogP contribution in [0.4, 0.5) is 0 Å². The SMILES string of the molecule is CC(C)N1CCC(O)C1C. The molecule has 0 aromatic carbocycles. The molecule has 0 spiro atoms. The summed E-state index contributed by atoms with van der Waals surface area (Å²) in [6.07, 6.45) is 0.849. The number of hydrogen-bond donors (Lipinski definition) is 1. The van der Waals surface area contributed by atoms with Crippen molar-refractivity contribution in [3.8, 4) is 0 Å². The van der Waals surface area contributed by atoms with Gasteiger partial charge in [0.1, 0.15) is 0 Å². The summed E-state index contributed by atoms with van der Waals surface area (Å²) in [6, 6.07) is 0.937. The summed E-state index contributed by atoms with van der Waals surface area (Å²) in [5, 5.41) is 9.38. The molecule has 1 N–H and O–H groups in total. The average Bonchev–Trinajstić information content (AvgIpc) is 2.14. The van der Waals surface area contributed by atoms with Gasteiger partial charge >= 0.3 is 0 Å². The molecule has 0 radical (unpaired) electrons. The van der Waals surface area contributed by atoms with Crippen LogP contribution in [0.3, 0.4) is 0 Å². The Kier molecular flexibility index (Phi) is 2.32. The fraction of sp³-hybridized carbons (Fsp3) is 1.00. The Labute approximate surface area is 62.8 Å². The van der Waals surface area contributed by atoms with Gasteiger partial charge in [-0.15, -0.1) is 0 Å². The van der Waals surface area contributed by atoms with E-state index in [4.69, 9.17) is 0 Å². The smallest absolute Gasteiger partial charge is 0.0705 e. The standard InChI is InChI=1S/C8H17NO/c1-6(2)9-5-4-8(10)7(9)3/h6-8,10H,4-5H2,1-3H3. The van der Waals surface area contributed by atoms with Crippen LogP contribution in [0.2, 0.25) is 0 Å². The second-order valence-electron chi connectivity index (χ2n) is 3.43. The van der Waals surface area contributed by atoms with Gasteiger partial charge in [-0.2, -0.15) is 0 Å². The van der Waals surface area contributed by atoms with E-state index in [-0.39, 0.29) is 6.10 Å². The van der Waals surface area contributed by atoms with Crippen molar-refractivity contribution in [1.82, 2.24) is 4.90 Å². The highest BCUT2D eigenvalue weighted by atomic mass is 16.3. The fourth-order valence-corrected chi connectivity index (χ4v) is 1.68. The molecule has 10 heavy (non-hydrogen) atoms. The molecular formula is C8H17NO. The van der Waals surface area contributed by atoms with E-state index in [9.17, 15) is 5.11 Å². The zero-order chi connectivity index (χ0) is 7.72. The Morgan fingerprint density at radius 3 is 2.30 bits per heavy atom. The third-order valence-electron chi connectivity index (χ3n) is 2.43. The molecule has 2 heteroatoms. The van der Waals surface area contributed by atoms with Crippen molar-refractivity contribution in [2.45, 2.75) is 45.4 Å². The lowest BCUT2D eigenvalue weighted by molar-refractivity contribution is 0.111. The minimum absolute atomic E-state index is 0.0950. The van der Waals surface area contributed by atoms with E-state index in [0.29, 0.717) is 12.1 Å². The van der Waals surface area contributed by atoms with Gasteiger partial charge < -0.3 is 5.11 Å². The molecule has 2 atom stereocenters. The second-order valence-corrected chi connectivity index (χ2v) is 3.43. The number of nitrogens with zero attached hydrogens (tertiary/aromatic N) is 1. The molecule has 0 aromatic rings. The maximum absolute atomic E-state index is 9.38. The molecule has 1 saturated heterocycles. The van der Waals surface area contributed by atoms with Crippen molar-refractivity contribution in [1.29, 1.82) is 0 Å². The van der Waals surface area contributed by atoms with Crippen molar-refractivity contribution < 1.29 is 5.11 Å². The van der Waals surface area contributed by atoms with Crippen LogP contribution in [-0.2, 0) is 0 Å². The zero-order valence-corrected chi connectivity index (χ0v) is 7.04. The number of rotatable bonds is 1. The summed E-state index contributed by atoms with van der Waals surface area (Å²) in [5.74, 6) is 0. The van der Waals surface area contributed by atoms with Gasteiger partial charge in [-0.1, -0.05) is 0 Å².